The maximum atomic E-state index is 12.6. The van der Waals surface area contributed by atoms with Crippen LogP contribution in [-0.4, -0.2) is 70.1 Å². The number of carbonyl (C=O) groups excluding carboxylic acids is 4. The molecule has 0 aliphatic heterocycles. The van der Waals surface area contributed by atoms with Gasteiger partial charge in [0.15, 0.2) is 0 Å². The smallest absolute Gasteiger partial charge is 0.325 e. The number of carboxylic acid groups (broad SMARTS) is 1. The first-order valence-electron chi connectivity index (χ1n) is 9.67. The standard InChI is InChI=1S/C18H33N5O7/c1-5-8(2)13(20)16(27)23-14(10(4)24)17(28)22-11(6-7-12(19)25)15(26)21-9(3)18(29)30/h8-11,13-14,24H,5-7,20H2,1-4H3,(H2,19,25)(H,21,26)(H,22,28)(H,23,27)(H,29,30). The zero-order valence-electron chi connectivity index (χ0n) is 17.7. The molecule has 0 fully saturated rings. The Morgan fingerprint density at radius 1 is 0.933 bits per heavy atom. The second-order valence-electron chi connectivity index (χ2n) is 7.27. The molecule has 6 unspecified atom stereocenters. The first-order valence-corrected chi connectivity index (χ1v) is 9.67. The fourth-order valence-electron chi connectivity index (χ4n) is 2.36. The molecule has 0 bridgehead atoms. The monoisotopic (exact) mass is 431 g/mol. The van der Waals surface area contributed by atoms with Gasteiger partial charge >= 0.3 is 5.97 Å². The van der Waals surface area contributed by atoms with E-state index in [0.29, 0.717) is 6.42 Å². The number of aliphatic hydroxyl groups is 1. The van der Waals surface area contributed by atoms with Crippen LogP contribution in [0.1, 0.15) is 47.0 Å². The van der Waals surface area contributed by atoms with E-state index in [1.807, 2.05) is 6.92 Å². The van der Waals surface area contributed by atoms with E-state index >= 15 is 0 Å². The van der Waals surface area contributed by atoms with Gasteiger partial charge in [0.05, 0.1) is 12.1 Å². The van der Waals surface area contributed by atoms with Crippen molar-refractivity contribution in [2.75, 3.05) is 0 Å². The van der Waals surface area contributed by atoms with Crippen LogP contribution in [0.15, 0.2) is 0 Å². The quantitative estimate of drug-likeness (QED) is 0.166. The Balaban J connectivity index is 5.37. The third-order valence-corrected chi connectivity index (χ3v) is 4.66. The molecule has 12 nitrogen and oxygen atoms in total. The molecule has 0 spiro atoms. The van der Waals surface area contributed by atoms with Crippen LogP contribution in [-0.2, 0) is 24.0 Å². The van der Waals surface area contributed by atoms with Crippen molar-refractivity contribution in [2.45, 2.75) is 77.2 Å². The van der Waals surface area contributed by atoms with Crippen LogP contribution in [0.25, 0.3) is 0 Å². The first-order chi connectivity index (χ1) is 13.8. The molecule has 30 heavy (non-hydrogen) atoms. The molecule has 0 aromatic rings. The molecule has 6 atom stereocenters. The number of primary amides is 1. The van der Waals surface area contributed by atoms with E-state index in [0.717, 1.165) is 0 Å². The summed E-state index contributed by atoms with van der Waals surface area (Å²) in [5, 5.41) is 25.7. The number of carbonyl (C=O) groups is 5. The van der Waals surface area contributed by atoms with Crippen molar-refractivity contribution >= 4 is 29.6 Å². The highest BCUT2D eigenvalue weighted by Crippen LogP contribution is 2.07. The number of hydrogen-bond acceptors (Lipinski definition) is 7. The number of amides is 4. The van der Waals surface area contributed by atoms with Crippen LogP contribution in [0.5, 0.6) is 0 Å². The molecule has 0 rings (SSSR count). The van der Waals surface area contributed by atoms with Crippen LogP contribution in [0.2, 0.25) is 0 Å². The molecule has 4 amide bonds. The Morgan fingerprint density at radius 3 is 1.93 bits per heavy atom. The molecule has 0 saturated carbocycles. The fourth-order valence-corrected chi connectivity index (χ4v) is 2.36. The number of aliphatic carboxylic acids is 1. The lowest BCUT2D eigenvalue weighted by molar-refractivity contribution is -0.142. The number of aliphatic hydroxyl groups excluding tert-OH is 1. The average molecular weight is 431 g/mol. The van der Waals surface area contributed by atoms with Gasteiger partial charge in [-0.3, -0.25) is 24.0 Å². The molecule has 0 aliphatic rings. The minimum atomic E-state index is -1.42. The van der Waals surface area contributed by atoms with Crippen molar-refractivity contribution in [1.82, 2.24) is 16.0 Å². The van der Waals surface area contributed by atoms with Crippen molar-refractivity contribution in [3.05, 3.63) is 0 Å². The van der Waals surface area contributed by atoms with Crippen molar-refractivity contribution in [3.8, 4) is 0 Å². The molecule has 12 heteroatoms. The van der Waals surface area contributed by atoms with E-state index in [1.165, 1.54) is 13.8 Å². The Labute approximate surface area is 175 Å². The van der Waals surface area contributed by atoms with Gasteiger partial charge in [0, 0.05) is 6.42 Å². The Hall–Kier alpha value is -2.73. The molecular weight excluding hydrogens is 398 g/mol. The molecule has 0 aromatic carbocycles. The summed E-state index contributed by atoms with van der Waals surface area (Å²) in [6.45, 7) is 6.10. The van der Waals surface area contributed by atoms with Crippen molar-refractivity contribution in [1.29, 1.82) is 0 Å². The molecule has 0 radical (unpaired) electrons. The maximum Gasteiger partial charge on any atom is 0.325 e. The summed E-state index contributed by atoms with van der Waals surface area (Å²) in [6.07, 6.45) is -1.16. The highest BCUT2D eigenvalue weighted by Gasteiger charge is 2.32. The lowest BCUT2D eigenvalue weighted by atomic mass is 9.98. The highest BCUT2D eigenvalue weighted by atomic mass is 16.4. The lowest BCUT2D eigenvalue weighted by Gasteiger charge is -2.27. The van der Waals surface area contributed by atoms with Crippen LogP contribution < -0.4 is 27.4 Å². The molecule has 172 valence electrons. The Morgan fingerprint density at radius 2 is 1.50 bits per heavy atom. The summed E-state index contributed by atoms with van der Waals surface area (Å²) >= 11 is 0. The summed E-state index contributed by atoms with van der Waals surface area (Å²) in [5.41, 5.74) is 10.9. The van der Waals surface area contributed by atoms with Gasteiger partial charge in [-0.05, 0) is 26.2 Å². The van der Waals surface area contributed by atoms with E-state index in [1.54, 1.807) is 6.92 Å². The third-order valence-electron chi connectivity index (χ3n) is 4.66. The Bertz CT molecular complexity index is 640. The maximum absolute atomic E-state index is 12.6. The van der Waals surface area contributed by atoms with Gasteiger partial charge in [-0.15, -0.1) is 0 Å². The second-order valence-corrected chi connectivity index (χ2v) is 7.27. The number of hydrogen-bond donors (Lipinski definition) is 7. The molecule has 0 aliphatic carbocycles. The minimum absolute atomic E-state index is 0.172. The van der Waals surface area contributed by atoms with Gasteiger partial charge in [0.25, 0.3) is 0 Å². The number of rotatable bonds is 13. The normalized spacial score (nSPS) is 16.9. The fraction of sp³-hybridized carbons (Fsp3) is 0.722. The van der Waals surface area contributed by atoms with Gasteiger partial charge in [-0.25, -0.2) is 0 Å². The predicted octanol–water partition coefficient (Wildman–Crippen LogP) is -2.43. The third kappa shape index (κ3) is 9.18. The molecule has 0 saturated heterocycles. The summed E-state index contributed by atoms with van der Waals surface area (Å²) < 4.78 is 0. The SMILES string of the molecule is CCC(C)C(N)C(=O)NC(C(=O)NC(CCC(N)=O)C(=O)NC(C)C(=O)O)C(C)O. The van der Waals surface area contributed by atoms with E-state index in [-0.39, 0.29) is 18.8 Å². The summed E-state index contributed by atoms with van der Waals surface area (Å²) in [4.78, 5) is 59.3. The van der Waals surface area contributed by atoms with Crippen LogP contribution in [0.4, 0.5) is 0 Å². The zero-order chi connectivity index (χ0) is 23.6. The van der Waals surface area contributed by atoms with E-state index in [2.05, 4.69) is 16.0 Å². The van der Waals surface area contributed by atoms with E-state index in [4.69, 9.17) is 16.6 Å². The lowest BCUT2D eigenvalue weighted by Crippen LogP contribution is -2.60. The Kier molecular flexibility index (Phi) is 11.6. The number of carboxylic acids is 1. The summed E-state index contributed by atoms with van der Waals surface area (Å²) in [7, 11) is 0. The van der Waals surface area contributed by atoms with E-state index < -0.39 is 59.9 Å². The predicted molar refractivity (Wildman–Crippen MR) is 107 cm³/mol. The van der Waals surface area contributed by atoms with Gasteiger partial charge in [0.2, 0.25) is 23.6 Å². The molecule has 9 N–H and O–H groups in total. The summed E-state index contributed by atoms with van der Waals surface area (Å²) in [5.74, 6) is -4.60. The molecular formula is C18H33N5O7. The van der Waals surface area contributed by atoms with Gasteiger partial charge in [-0.2, -0.15) is 0 Å². The largest absolute Gasteiger partial charge is 0.480 e. The van der Waals surface area contributed by atoms with Crippen LogP contribution in [0.3, 0.4) is 0 Å². The first kappa shape index (κ1) is 27.3. The van der Waals surface area contributed by atoms with Crippen LogP contribution >= 0.6 is 0 Å². The number of nitrogens with one attached hydrogen (secondary N) is 3. The minimum Gasteiger partial charge on any atom is -0.480 e. The van der Waals surface area contributed by atoms with Gasteiger partial charge in [0.1, 0.15) is 18.1 Å². The average Bonchev–Trinajstić information content (AvgIpc) is 2.66. The van der Waals surface area contributed by atoms with Crippen molar-refractivity contribution < 1.29 is 34.2 Å². The van der Waals surface area contributed by atoms with Crippen molar-refractivity contribution in [2.24, 2.45) is 17.4 Å². The summed E-state index contributed by atoms with van der Waals surface area (Å²) in [6, 6.07) is -4.89. The zero-order valence-corrected chi connectivity index (χ0v) is 17.7. The van der Waals surface area contributed by atoms with Gasteiger partial charge in [-0.1, -0.05) is 20.3 Å². The van der Waals surface area contributed by atoms with Crippen molar-refractivity contribution in [3.63, 3.8) is 0 Å². The highest BCUT2D eigenvalue weighted by molar-refractivity contribution is 5.94. The topological polar surface area (TPSA) is 214 Å². The molecule has 0 aromatic heterocycles. The second kappa shape index (κ2) is 12.8. The van der Waals surface area contributed by atoms with E-state index in [9.17, 15) is 29.1 Å². The molecule has 0 heterocycles. The van der Waals surface area contributed by atoms with Gasteiger partial charge < -0.3 is 37.6 Å². The van der Waals surface area contributed by atoms with Crippen LogP contribution in [0, 0.1) is 5.92 Å². The number of nitrogens with two attached hydrogens (primary N) is 2.